The highest BCUT2D eigenvalue weighted by Gasteiger charge is 2.44. The van der Waals surface area contributed by atoms with Gasteiger partial charge >= 0.3 is 0 Å². The number of hydrogen-bond donors (Lipinski definition) is 6. The van der Waals surface area contributed by atoms with E-state index in [1.807, 2.05) is 6.08 Å². The van der Waals surface area contributed by atoms with Crippen LogP contribution in [0.5, 0.6) is 0 Å². The number of aliphatic hydroxyl groups excluding tert-OH is 5. The van der Waals surface area contributed by atoms with E-state index in [4.69, 9.17) is 9.47 Å². The third-order valence-corrected chi connectivity index (χ3v) is 16.2. The standard InChI is InChI=1S/C68H129NO8/c1-3-5-7-9-11-13-15-17-19-21-23-25-27-29-30-31-32-33-34-36-38-40-42-44-46-48-50-52-54-56-58-64(72)69-61(60-76-68-67(75)66(74)65(73)63(59-70)77-68)62(71)57-55-53-51-49-47-45-43-41-39-37-35-28-26-24-22-20-18-16-14-12-10-8-6-4-2/h39,41,47,49,55,57,61-63,65-68,70-71,73-75H,3-38,40,42-46,48,50-54,56,58-60H2,1-2H3,(H,69,72)/b41-39+,49-47+,57-55+. The number of aliphatic hydroxyl groups is 5. The van der Waals surface area contributed by atoms with Crippen LogP contribution in [0.1, 0.15) is 335 Å². The summed E-state index contributed by atoms with van der Waals surface area (Å²) < 4.78 is 11.3. The first-order valence-corrected chi connectivity index (χ1v) is 33.7. The molecule has 6 N–H and O–H groups in total. The molecule has 0 aromatic rings. The Kier molecular flexibility index (Phi) is 55.0. The van der Waals surface area contributed by atoms with E-state index in [1.54, 1.807) is 6.08 Å². The molecule has 1 fully saturated rings. The van der Waals surface area contributed by atoms with Gasteiger partial charge in [-0.15, -0.1) is 0 Å². The maximum absolute atomic E-state index is 13.1. The molecular weight excluding hydrogens is 959 g/mol. The largest absolute Gasteiger partial charge is 0.394 e. The number of amides is 1. The van der Waals surface area contributed by atoms with Crippen molar-refractivity contribution in [2.75, 3.05) is 13.2 Å². The summed E-state index contributed by atoms with van der Waals surface area (Å²) in [6.07, 6.45) is 69.7. The van der Waals surface area contributed by atoms with Crippen LogP contribution in [0.25, 0.3) is 0 Å². The van der Waals surface area contributed by atoms with Crippen LogP contribution >= 0.6 is 0 Å². The number of rotatable bonds is 59. The Bertz CT molecular complexity index is 1310. The lowest BCUT2D eigenvalue weighted by molar-refractivity contribution is -0.302. The molecule has 77 heavy (non-hydrogen) atoms. The van der Waals surface area contributed by atoms with Gasteiger partial charge in [-0.25, -0.2) is 0 Å². The molecular formula is C68H129NO8. The van der Waals surface area contributed by atoms with Gasteiger partial charge in [-0.2, -0.15) is 0 Å². The van der Waals surface area contributed by atoms with Crippen molar-refractivity contribution in [3.8, 4) is 0 Å². The molecule has 0 radical (unpaired) electrons. The van der Waals surface area contributed by atoms with Gasteiger partial charge in [0.1, 0.15) is 24.4 Å². The Balaban J connectivity index is 2.16. The van der Waals surface area contributed by atoms with Gasteiger partial charge < -0.3 is 40.3 Å². The maximum atomic E-state index is 13.1. The van der Waals surface area contributed by atoms with Crippen LogP contribution < -0.4 is 5.32 Å². The minimum atomic E-state index is -1.57. The summed E-state index contributed by atoms with van der Waals surface area (Å²) in [6.45, 7) is 3.81. The number of unbranched alkanes of at least 4 members (excludes halogenated alkanes) is 45. The first-order valence-electron chi connectivity index (χ1n) is 33.7. The lowest BCUT2D eigenvalue weighted by Crippen LogP contribution is -2.60. The molecule has 1 amide bonds. The summed E-state index contributed by atoms with van der Waals surface area (Å²) in [5.41, 5.74) is 0. The summed E-state index contributed by atoms with van der Waals surface area (Å²) in [5.74, 6) is -0.184. The van der Waals surface area contributed by atoms with Crippen molar-refractivity contribution in [1.29, 1.82) is 0 Å². The van der Waals surface area contributed by atoms with Gasteiger partial charge in [0.25, 0.3) is 0 Å². The molecule has 1 aliphatic rings. The predicted octanol–water partition coefficient (Wildman–Crippen LogP) is 17.9. The summed E-state index contributed by atoms with van der Waals surface area (Å²) in [6, 6.07) is -0.827. The second-order valence-corrected chi connectivity index (χ2v) is 23.6. The van der Waals surface area contributed by atoms with E-state index in [-0.39, 0.29) is 12.5 Å². The molecule has 454 valence electrons. The Hall–Kier alpha value is -1.59. The van der Waals surface area contributed by atoms with Crippen molar-refractivity contribution in [3.63, 3.8) is 0 Å². The topological polar surface area (TPSA) is 149 Å². The number of nitrogens with one attached hydrogen (secondary N) is 1. The van der Waals surface area contributed by atoms with Gasteiger partial charge in [0.15, 0.2) is 6.29 Å². The van der Waals surface area contributed by atoms with Crippen molar-refractivity contribution in [3.05, 3.63) is 36.5 Å². The van der Waals surface area contributed by atoms with Crippen LogP contribution in [0.15, 0.2) is 36.5 Å². The first-order chi connectivity index (χ1) is 37.8. The van der Waals surface area contributed by atoms with Crippen LogP contribution in [0.3, 0.4) is 0 Å². The number of carbonyl (C=O) groups is 1. The molecule has 9 nitrogen and oxygen atoms in total. The van der Waals surface area contributed by atoms with Crippen molar-refractivity contribution < 1.29 is 39.8 Å². The molecule has 0 aromatic heterocycles. The van der Waals surface area contributed by atoms with Crippen molar-refractivity contribution >= 4 is 5.91 Å². The molecule has 1 aliphatic heterocycles. The monoisotopic (exact) mass is 1090 g/mol. The minimum Gasteiger partial charge on any atom is -0.394 e. The van der Waals surface area contributed by atoms with Crippen LogP contribution in [0.4, 0.5) is 0 Å². The average Bonchev–Trinajstić information content (AvgIpc) is 3.43. The highest BCUT2D eigenvalue weighted by atomic mass is 16.7. The van der Waals surface area contributed by atoms with Gasteiger partial charge in [-0.1, -0.05) is 320 Å². The molecule has 1 saturated heterocycles. The van der Waals surface area contributed by atoms with Gasteiger partial charge in [0.05, 0.1) is 25.4 Å². The van der Waals surface area contributed by atoms with Crippen molar-refractivity contribution in [2.45, 2.75) is 378 Å². The normalized spacial score (nSPS) is 18.9. The second-order valence-electron chi connectivity index (χ2n) is 23.6. The number of carbonyl (C=O) groups excluding carboxylic acids is 1. The third-order valence-electron chi connectivity index (χ3n) is 16.2. The molecule has 7 atom stereocenters. The van der Waals surface area contributed by atoms with Crippen LogP contribution in [-0.4, -0.2) is 87.5 Å². The van der Waals surface area contributed by atoms with Gasteiger partial charge in [0.2, 0.25) is 5.91 Å². The van der Waals surface area contributed by atoms with E-state index >= 15 is 0 Å². The molecule has 1 heterocycles. The molecule has 7 unspecified atom stereocenters. The Labute approximate surface area is 476 Å². The SMILES string of the molecule is CCCCCCCCCCCCCCCC/C=C/CC/C=C/CC/C=C/C(O)C(COC1OC(CO)C(O)C(O)C1O)NC(=O)CCCCCCCCCCCCCCCCCCCCCCCCCCCCCCCC. The average molecular weight is 1090 g/mol. The summed E-state index contributed by atoms with van der Waals surface area (Å²) in [7, 11) is 0. The highest BCUT2D eigenvalue weighted by molar-refractivity contribution is 5.76. The van der Waals surface area contributed by atoms with E-state index in [0.717, 1.165) is 44.9 Å². The van der Waals surface area contributed by atoms with Crippen molar-refractivity contribution in [1.82, 2.24) is 5.32 Å². The van der Waals surface area contributed by atoms with E-state index in [2.05, 4.69) is 43.5 Å². The van der Waals surface area contributed by atoms with E-state index in [0.29, 0.717) is 6.42 Å². The zero-order valence-electron chi connectivity index (χ0n) is 50.7. The highest BCUT2D eigenvalue weighted by Crippen LogP contribution is 2.23. The number of allylic oxidation sites excluding steroid dienone is 5. The molecule has 0 saturated carbocycles. The molecule has 1 rings (SSSR count). The second kappa shape index (κ2) is 57.6. The lowest BCUT2D eigenvalue weighted by Gasteiger charge is -2.40. The predicted molar refractivity (Wildman–Crippen MR) is 327 cm³/mol. The van der Waals surface area contributed by atoms with Crippen LogP contribution in [-0.2, 0) is 14.3 Å². The van der Waals surface area contributed by atoms with Crippen molar-refractivity contribution in [2.24, 2.45) is 0 Å². The Morgan fingerprint density at radius 1 is 0.429 bits per heavy atom. The third kappa shape index (κ3) is 46.7. The Morgan fingerprint density at radius 2 is 0.740 bits per heavy atom. The summed E-state index contributed by atoms with van der Waals surface area (Å²) in [5, 5.41) is 54.7. The first kappa shape index (κ1) is 73.4. The summed E-state index contributed by atoms with van der Waals surface area (Å²) in [4.78, 5) is 13.1. The van der Waals surface area contributed by atoms with Gasteiger partial charge in [-0.05, 0) is 44.9 Å². The fourth-order valence-electron chi connectivity index (χ4n) is 10.9. The lowest BCUT2D eigenvalue weighted by atomic mass is 9.99. The van der Waals surface area contributed by atoms with E-state index in [9.17, 15) is 30.3 Å². The number of ether oxygens (including phenoxy) is 2. The maximum Gasteiger partial charge on any atom is 0.220 e. The molecule has 0 aromatic carbocycles. The molecule has 9 heteroatoms. The smallest absolute Gasteiger partial charge is 0.220 e. The van der Waals surface area contributed by atoms with E-state index < -0.39 is 49.5 Å². The fourth-order valence-corrected chi connectivity index (χ4v) is 10.9. The molecule has 0 spiro atoms. The van der Waals surface area contributed by atoms with E-state index in [1.165, 1.54) is 270 Å². The van der Waals surface area contributed by atoms with Crippen LogP contribution in [0.2, 0.25) is 0 Å². The zero-order valence-corrected chi connectivity index (χ0v) is 50.7. The number of hydrogen-bond acceptors (Lipinski definition) is 8. The molecule has 0 bridgehead atoms. The zero-order chi connectivity index (χ0) is 55.8. The minimum absolute atomic E-state index is 0.184. The van der Waals surface area contributed by atoms with Gasteiger partial charge in [-0.3, -0.25) is 4.79 Å². The fraction of sp³-hybridized carbons (Fsp3) is 0.897. The van der Waals surface area contributed by atoms with Gasteiger partial charge in [0, 0.05) is 6.42 Å². The summed E-state index contributed by atoms with van der Waals surface area (Å²) >= 11 is 0. The Morgan fingerprint density at radius 3 is 1.09 bits per heavy atom. The van der Waals surface area contributed by atoms with Crippen LogP contribution in [0, 0.1) is 0 Å². The molecule has 0 aliphatic carbocycles. The quantitative estimate of drug-likeness (QED) is 0.0261.